The van der Waals surface area contributed by atoms with Crippen molar-refractivity contribution >= 4 is 38.9 Å². The van der Waals surface area contributed by atoms with Crippen molar-refractivity contribution in [3.63, 3.8) is 0 Å². The van der Waals surface area contributed by atoms with E-state index >= 15 is 0 Å². The van der Waals surface area contributed by atoms with Gasteiger partial charge < -0.3 is 4.74 Å². The standard InChI is InChI=1S/C14H14BrClOS/c1-8-6-9(2)18-14(8)13(16)11-7-10(15)4-5-12(11)17-3/h4-7,13H,1-3H3. The predicted octanol–water partition coefficient (Wildman–Crippen LogP) is 5.46. The van der Waals surface area contributed by atoms with E-state index in [-0.39, 0.29) is 5.38 Å². The average molecular weight is 346 g/mol. The van der Waals surface area contributed by atoms with Crippen LogP contribution in [-0.2, 0) is 0 Å². The smallest absolute Gasteiger partial charge is 0.124 e. The first-order chi connectivity index (χ1) is 8.52. The van der Waals surface area contributed by atoms with Gasteiger partial charge in [-0.2, -0.15) is 0 Å². The summed E-state index contributed by atoms with van der Waals surface area (Å²) in [6.07, 6.45) is 0. The number of thiophene rings is 1. The fraction of sp³-hybridized carbons (Fsp3) is 0.286. The lowest BCUT2D eigenvalue weighted by Crippen LogP contribution is -1.97. The van der Waals surface area contributed by atoms with Crippen molar-refractivity contribution in [2.45, 2.75) is 19.2 Å². The summed E-state index contributed by atoms with van der Waals surface area (Å²) in [7, 11) is 1.67. The number of halogens is 2. The normalized spacial score (nSPS) is 12.5. The van der Waals surface area contributed by atoms with Crippen LogP contribution in [0, 0.1) is 13.8 Å². The van der Waals surface area contributed by atoms with Gasteiger partial charge in [-0.3, -0.25) is 0 Å². The molecule has 1 heterocycles. The highest BCUT2D eigenvalue weighted by Crippen LogP contribution is 2.41. The van der Waals surface area contributed by atoms with Crippen LogP contribution in [0.4, 0.5) is 0 Å². The second-order valence-corrected chi connectivity index (χ2v) is 6.79. The van der Waals surface area contributed by atoms with Crippen LogP contribution in [0.15, 0.2) is 28.7 Å². The molecule has 0 fully saturated rings. The van der Waals surface area contributed by atoms with Crippen LogP contribution in [-0.4, -0.2) is 7.11 Å². The van der Waals surface area contributed by atoms with E-state index < -0.39 is 0 Å². The van der Waals surface area contributed by atoms with Crippen LogP contribution >= 0.6 is 38.9 Å². The second kappa shape index (κ2) is 5.64. The molecule has 0 radical (unpaired) electrons. The number of rotatable bonds is 3. The van der Waals surface area contributed by atoms with Crippen LogP contribution in [0.25, 0.3) is 0 Å². The van der Waals surface area contributed by atoms with Crippen LogP contribution < -0.4 is 4.74 Å². The van der Waals surface area contributed by atoms with Crippen molar-refractivity contribution in [3.05, 3.63) is 49.6 Å². The average Bonchev–Trinajstić information content (AvgIpc) is 2.67. The van der Waals surface area contributed by atoms with Crippen molar-refractivity contribution in [1.82, 2.24) is 0 Å². The van der Waals surface area contributed by atoms with Gasteiger partial charge in [0.15, 0.2) is 0 Å². The van der Waals surface area contributed by atoms with E-state index in [0.29, 0.717) is 0 Å². The molecule has 0 bridgehead atoms. The third kappa shape index (κ3) is 2.73. The Hall–Kier alpha value is -0.510. The monoisotopic (exact) mass is 344 g/mol. The number of methoxy groups -OCH3 is 1. The molecule has 0 aliphatic heterocycles. The minimum atomic E-state index is -0.170. The molecule has 0 spiro atoms. The largest absolute Gasteiger partial charge is 0.496 e. The van der Waals surface area contributed by atoms with Gasteiger partial charge in [0.2, 0.25) is 0 Å². The first-order valence-corrected chi connectivity index (χ1v) is 7.62. The van der Waals surface area contributed by atoms with Gasteiger partial charge in [-0.05, 0) is 43.7 Å². The van der Waals surface area contributed by atoms with Crippen molar-refractivity contribution in [2.24, 2.45) is 0 Å². The van der Waals surface area contributed by atoms with E-state index in [1.54, 1.807) is 18.4 Å². The van der Waals surface area contributed by atoms with Gasteiger partial charge in [-0.15, -0.1) is 22.9 Å². The van der Waals surface area contributed by atoms with Crippen molar-refractivity contribution < 1.29 is 4.74 Å². The lowest BCUT2D eigenvalue weighted by atomic mass is 10.1. The Morgan fingerprint density at radius 1 is 1.28 bits per heavy atom. The van der Waals surface area contributed by atoms with E-state index in [0.717, 1.165) is 15.8 Å². The van der Waals surface area contributed by atoms with Gasteiger partial charge in [0.25, 0.3) is 0 Å². The molecule has 96 valence electrons. The number of hydrogen-bond acceptors (Lipinski definition) is 2. The first-order valence-electron chi connectivity index (χ1n) is 5.57. The molecule has 0 saturated heterocycles. The molecule has 2 aromatic rings. The summed E-state index contributed by atoms with van der Waals surface area (Å²) < 4.78 is 6.40. The zero-order valence-electron chi connectivity index (χ0n) is 10.5. The third-order valence-corrected chi connectivity index (χ3v) is 5.07. The van der Waals surface area contributed by atoms with Gasteiger partial charge in [0.05, 0.1) is 12.5 Å². The summed E-state index contributed by atoms with van der Waals surface area (Å²) in [5, 5.41) is -0.170. The number of benzene rings is 1. The zero-order chi connectivity index (χ0) is 13.3. The molecule has 1 aromatic heterocycles. The Bertz CT molecular complexity index is 565. The highest BCUT2D eigenvalue weighted by molar-refractivity contribution is 9.10. The Kier molecular flexibility index (Phi) is 4.36. The van der Waals surface area contributed by atoms with Gasteiger partial charge in [0.1, 0.15) is 5.75 Å². The molecule has 1 unspecified atom stereocenters. The van der Waals surface area contributed by atoms with Crippen LogP contribution in [0.3, 0.4) is 0 Å². The van der Waals surface area contributed by atoms with Gasteiger partial charge in [0, 0.05) is 19.8 Å². The molecule has 0 aliphatic rings. The lowest BCUT2D eigenvalue weighted by molar-refractivity contribution is 0.410. The molecule has 0 N–H and O–H groups in total. The first kappa shape index (κ1) is 13.9. The fourth-order valence-corrected chi connectivity index (χ4v) is 3.84. The highest BCUT2D eigenvalue weighted by Gasteiger charge is 2.19. The van der Waals surface area contributed by atoms with E-state index in [9.17, 15) is 0 Å². The zero-order valence-corrected chi connectivity index (χ0v) is 13.6. The molecule has 0 saturated carbocycles. The topological polar surface area (TPSA) is 9.23 Å². The summed E-state index contributed by atoms with van der Waals surface area (Å²) in [6, 6.07) is 8.08. The summed E-state index contributed by atoms with van der Waals surface area (Å²) >= 11 is 11.8. The molecule has 1 aromatic carbocycles. The van der Waals surface area contributed by atoms with Crippen LogP contribution in [0.2, 0.25) is 0 Å². The SMILES string of the molecule is COc1ccc(Br)cc1C(Cl)c1sc(C)cc1C. The lowest BCUT2D eigenvalue weighted by Gasteiger charge is -2.14. The summed E-state index contributed by atoms with van der Waals surface area (Å²) in [5.74, 6) is 0.823. The molecule has 4 heteroatoms. The Morgan fingerprint density at radius 3 is 2.56 bits per heavy atom. The predicted molar refractivity (Wildman–Crippen MR) is 82.2 cm³/mol. The molecule has 2 rings (SSSR count). The minimum Gasteiger partial charge on any atom is -0.496 e. The summed E-state index contributed by atoms with van der Waals surface area (Å²) in [5.41, 5.74) is 2.23. The molecule has 0 amide bonds. The minimum absolute atomic E-state index is 0.170. The fourth-order valence-electron chi connectivity index (χ4n) is 1.96. The Morgan fingerprint density at radius 2 is 2.00 bits per heavy atom. The van der Waals surface area contributed by atoms with Crippen LogP contribution in [0.5, 0.6) is 5.75 Å². The van der Waals surface area contributed by atoms with Crippen molar-refractivity contribution in [1.29, 1.82) is 0 Å². The van der Waals surface area contributed by atoms with E-state index in [1.807, 2.05) is 18.2 Å². The number of hydrogen-bond donors (Lipinski definition) is 0. The Labute approximate surface area is 125 Å². The van der Waals surface area contributed by atoms with E-state index in [1.165, 1.54) is 15.3 Å². The Balaban J connectivity index is 2.48. The number of alkyl halides is 1. The number of ether oxygens (including phenoxy) is 1. The molecular weight excluding hydrogens is 332 g/mol. The summed E-state index contributed by atoms with van der Waals surface area (Å²) in [4.78, 5) is 2.47. The van der Waals surface area contributed by atoms with Crippen LogP contribution in [0.1, 0.15) is 26.3 Å². The van der Waals surface area contributed by atoms with Gasteiger partial charge >= 0.3 is 0 Å². The highest BCUT2D eigenvalue weighted by atomic mass is 79.9. The maximum atomic E-state index is 6.62. The van der Waals surface area contributed by atoms with Crippen molar-refractivity contribution in [2.75, 3.05) is 7.11 Å². The second-order valence-electron chi connectivity index (χ2n) is 4.15. The molecule has 0 aliphatic carbocycles. The van der Waals surface area contributed by atoms with Crippen molar-refractivity contribution in [3.8, 4) is 5.75 Å². The maximum absolute atomic E-state index is 6.62. The number of aryl methyl sites for hydroxylation is 2. The van der Waals surface area contributed by atoms with E-state index in [2.05, 4.69) is 35.8 Å². The van der Waals surface area contributed by atoms with Gasteiger partial charge in [-0.1, -0.05) is 15.9 Å². The van der Waals surface area contributed by atoms with Gasteiger partial charge in [-0.25, -0.2) is 0 Å². The molecule has 1 nitrogen and oxygen atoms in total. The van der Waals surface area contributed by atoms with E-state index in [4.69, 9.17) is 16.3 Å². The molecule has 18 heavy (non-hydrogen) atoms. The third-order valence-electron chi connectivity index (χ3n) is 2.77. The molecular formula is C14H14BrClOS. The maximum Gasteiger partial charge on any atom is 0.124 e. The summed E-state index contributed by atoms with van der Waals surface area (Å²) in [6.45, 7) is 4.20. The quantitative estimate of drug-likeness (QED) is 0.671. The molecule has 1 atom stereocenters.